The molecule has 11 nitrogen and oxygen atoms in total. The molecule has 31 heavy (non-hydrogen) atoms. The van der Waals surface area contributed by atoms with Gasteiger partial charge < -0.3 is 9.88 Å². The Bertz CT molecular complexity index is 1510. The van der Waals surface area contributed by atoms with Gasteiger partial charge in [-0.15, -0.1) is 11.3 Å². The molecule has 1 N–H and O–H groups in total. The first kappa shape index (κ1) is 19.4. The lowest BCUT2D eigenvalue weighted by molar-refractivity contribution is 0.0709. The summed E-state index contributed by atoms with van der Waals surface area (Å²) in [6.07, 6.45) is 4.19. The van der Waals surface area contributed by atoms with Crippen LogP contribution in [0.25, 0.3) is 16.1 Å². The number of likely N-dealkylation sites (tertiary alicyclic amines) is 1. The summed E-state index contributed by atoms with van der Waals surface area (Å²) in [5, 5.41) is 1.75. The molecule has 12 heteroatoms. The van der Waals surface area contributed by atoms with E-state index < -0.39 is 11.2 Å². The number of aromatic amines is 1. The lowest BCUT2D eigenvalue weighted by Crippen LogP contribution is -2.40. The molecule has 0 atom stereocenters. The van der Waals surface area contributed by atoms with Gasteiger partial charge in [-0.1, -0.05) is 0 Å². The molecule has 1 saturated heterocycles. The van der Waals surface area contributed by atoms with Crippen LogP contribution in [-0.4, -0.2) is 52.4 Å². The topological polar surface area (TPSA) is 127 Å². The van der Waals surface area contributed by atoms with E-state index in [2.05, 4.69) is 15.0 Å². The minimum atomic E-state index is -0.432. The minimum absolute atomic E-state index is 0.00911. The SMILES string of the molecule is Cn1c(=O)c2[nH]c(C3CCN(C(=O)c4cnc5sccn5c4=O)CC3)nc2n(C)c1=O. The number of hydrogen-bond donors (Lipinski definition) is 1. The number of carbonyl (C=O) groups excluding carboxylic acids is 1. The second-order valence-corrected chi connectivity index (χ2v) is 8.50. The molecule has 4 aromatic heterocycles. The van der Waals surface area contributed by atoms with Crippen LogP contribution in [0.1, 0.15) is 34.9 Å². The number of nitrogens with zero attached hydrogens (tertiary/aromatic N) is 6. The van der Waals surface area contributed by atoms with Gasteiger partial charge in [0.1, 0.15) is 16.9 Å². The van der Waals surface area contributed by atoms with E-state index >= 15 is 0 Å². The third-order valence-electron chi connectivity index (χ3n) is 5.86. The largest absolute Gasteiger partial charge is 0.338 e. The van der Waals surface area contributed by atoms with Crippen molar-refractivity contribution in [2.45, 2.75) is 18.8 Å². The molecule has 0 bridgehead atoms. The Morgan fingerprint density at radius 2 is 1.87 bits per heavy atom. The van der Waals surface area contributed by atoms with Gasteiger partial charge >= 0.3 is 5.69 Å². The van der Waals surface area contributed by atoms with Crippen molar-refractivity contribution in [1.29, 1.82) is 0 Å². The van der Waals surface area contributed by atoms with Crippen molar-refractivity contribution in [3.05, 3.63) is 60.4 Å². The van der Waals surface area contributed by atoms with Gasteiger partial charge in [0.2, 0.25) is 0 Å². The van der Waals surface area contributed by atoms with E-state index in [1.54, 1.807) is 23.5 Å². The zero-order valence-electron chi connectivity index (χ0n) is 16.9. The number of amides is 1. The lowest BCUT2D eigenvalue weighted by Gasteiger charge is -2.30. The zero-order chi connectivity index (χ0) is 21.9. The summed E-state index contributed by atoms with van der Waals surface area (Å²) in [5.74, 6) is 0.300. The van der Waals surface area contributed by atoms with Crippen molar-refractivity contribution in [3.8, 4) is 0 Å². The minimum Gasteiger partial charge on any atom is -0.338 e. The van der Waals surface area contributed by atoms with E-state index in [1.165, 1.54) is 33.5 Å². The molecular formula is C19H19N7O4S. The summed E-state index contributed by atoms with van der Waals surface area (Å²) in [4.78, 5) is 64.0. The Morgan fingerprint density at radius 1 is 1.13 bits per heavy atom. The molecule has 0 radical (unpaired) electrons. The Kier molecular flexibility index (Phi) is 4.39. The van der Waals surface area contributed by atoms with Gasteiger partial charge in [-0.05, 0) is 12.8 Å². The zero-order valence-corrected chi connectivity index (χ0v) is 17.7. The van der Waals surface area contributed by atoms with Crippen LogP contribution in [0.15, 0.2) is 32.2 Å². The van der Waals surface area contributed by atoms with Crippen molar-refractivity contribution in [2.24, 2.45) is 14.1 Å². The first-order chi connectivity index (χ1) is 14.9. The monoisotopic (exact) mass is 441 g/mol. The van der Waals surface area contributed by atoms with Gasteiger partial charge in [0, 0.05) is 50.9 Å². The van der Waals surface area contributed by atoms with Crippen LogP contribution in [0.2, 0.25) is 0 Å². The van der Waals surface area contributed by atoms with Gasteiger partial charge in [-0.25, -0.2) is 14.8 Å². The average Bonchev–Trinajstić information content (AvgIpc) is 3.44. The highest BCUT2D eigenvalue weighted by atomic mass is 32.1. The Morgan fingerprint density at radius 3 is 2.61 bits per heavy atom. The maximum Gasteiger partial charge on any atom is 0.332 e. The number of fused-ring (bicyclic) bond motifs is 2. The number of thiazole rings is 1. The molecule has 5 rings (SSSR count). The van der Waals surface area contributed by atoms with Crippen molar-refractivity contribution in [2.75, 3.05) is 13.1 Å². The van der Waals surface area contributed by atoms with Gasteiger partial charge in [0.05, 0.1) is 0 Å². The normalized spacial score (nSPS) is 15.2. The molecule has 0 unspecified atom stereocenters. The fraction of sp³-hybridized carbons (Fsp3) is 0.368. The fourth-order valence-corrected chi connectivity index (χ4v) is 4.71. The van der Waals surface area contributed by atoms with E-state index in [4.69, 9.17) is 0 Å². The summed E-state index contributed by atoms with van der Waals surface area (Å²) in [6, 6.07) is 0. The smallest absolute Gasteiger partial charge is 0.332 e. The van der Waals surface area contributed by atoms with Gasteiger partial charge in [0.25, 0.3) is 17.0 Å². The molecule has 0 spiro atoms. The molecule has 1 aliphatic rings. The van der Waals surface area contributed by atoms with Crippen molar-refractivity contribution in [1.82, 2.24) is 33.4 Å². The molecule has 1 aliphatic heterocycles. The van der Waals surface area contributed by atoms with Gasteiger partial charge in [0.15, 0.2) is 10.6 Å². The van der Waals surface area contributed by atoms with Gasteiger partial charge in [-0.2, -0.15) is 0 Å². The Labute approximate surface area is 178 Å². The number of piperidine rings is 1. The molecule has 160 valence electrons. The van der Waals surface area contributed by atoms with Crippen LogP contribution in [0.3, 0.4) is 0 Å². The number of imidazole rings is 1. The molecular weight excluding hydrogens is 422 g/mol. The van der Waals surface area contributed by atoms with Crippen LogP contribution < -0.4 is 16.8 Å². The van der Waals surface area contributed by atoms with E-state index in [0.717, 1.165) is 4.57 Å². The molecule has 1 amide bonds. The highest BCUT2D eigenvalue weighted by molar-refractivity contribution is 7.15. The third-order valence-corrected chi connectivity index (χ3v) is 6.63. The molecule has 0 aromatic carbocycles. The highest BCUT2D eigenvalue weighted by Gasteiger charge is 2.29. The quantitative estimate of drug-likeness (QED) is 0.468. The second-order valence-electron chi connectivity index (χ2n) is 7.63. The lowest BCUT2D eigenvalue weighted by atomic mass is 9.96. The summed E-state index contributed by atoms with van der Waals surface area (Å²) in [7, 11) is 3.01. The van der Waals surface area contributed by atoms with E-state index in [-0.39, 0.29) is 22.9 Å². The number of hydrogen-bond acceptors (Lipinski definition) is 7. The highest BCUT2D eigenvalue weighted by Crippen LogP contribution is 2.27. The maximum atomic E-state index is 12.9. The number of aromatic nitrogens is 6. The Balaban J connectivity index is 1.38. The molecule has 0 saturated carbocycles. The van der Waals surface area contributed by atoms with Crippen molar-refractivity contribution in [3.63, 3.8) is 0 Å². The van der Waals surface area contributed by atoms with Crippen molar-refractivity contribution >= 4 is 33.4 Å². The van der Waals surface area contributed by atoms with Crippen LogP contribution in [0.4, 0.5) is 0 Å². The van der Waals surface area contributed by atoms with E-state index in [1.807, 2.05) is 0 Å². The molecule has 4 aromatic rings. The van der Waals surface area contributed by atoms with Gasteiger partial charge in [-0.3, -0.25) is 27.9 Å². The van der Waals surface area contributed by atoms with Crippen LogP contribution in [0.5, 0.6) is 0 Å². The summed E-state index contributed by atoms with van der Waals surface area (Å²) < 4.78 is 3.77. The second kappa shape index (κ2) is 7.01. The number of H-pyrrole nitrogens is 1. The number of nitrogens with one attached hydrogen (secondary N) is 1. The average molecular weight is 441 g/mol. The molecule has 1 fully saturated rings. The molecule has 0 aliphatic carbocycles. The predicted octanol–water partition coefficient (Wildman–Crippen LogP) is 0.0495. The Hall–Kier alpha value is -3.54. The predicted molar refractivity (Wildman–Crippen MR) is 114 cm³/mol. The van der Waals surface area contributed by atoms with Crippen LogP contribution in [0, 0.1) is 0 Å². The number of rotatable bonds is 2. The maximum absolute atomic E-state index is 12.9. The number of aryl methyl sites for hydroxylation is 1. The first-order valence-corrected chi connectivity index (χ1v) is 10.6. The molecule has 5 heterocycles. The fourth-order valence-electron chi connectivity index (χ4n) is 4.03. The summed E-state index contributed by atoms with van der Waals surface area (Å²) in [6.45, 7) is 0.895. The van der Waals surface area contributed by atoms with Crippen LogP contribution in [-0.2, 0) is 14.1 Å². The van der Waals surface area contributed by atoms with Crippen molar-refractivity contribution < 1.29 is 4.79 Å². The summed E-state index contributed by atoms with van der Waals surface area (Å²) in [5.41, 5.74) is -0.547. The van der Waals surface area contributed by atoms with Crippen LogP contribution >= 0.6 is 11.3 Å². The van der Waals surface area contributed by atoms with E-state index in [9.17, 15) is 19.2 Å². The summed E-state index contributed by atoms with van der Waals surface area (Å²) >= 11 is 1.33. The third kappa shape index (κ3) is 2.93. The first-order valence-electron chi connectivity index (χ1n) is 9.76. The standard InChI is InChI=1S/C19H19N7O4S/c1-23-14-12(17(29)24(2)19(23)30)21-13(22-14)10-3-5-25(6-4-10)15(27)11-9-20-18-26(16(11)28)7-8-31-18/h7-10H,3-6H2,1-2H3,(H,21,22). The van der Waals surface area contributed by atoms with E-state index in [0.29, 0.717) is 47.9 Å². The number of carbonyl (C=O) groups is 1.